The first-order valence-corrected chi connectivity index (χ1v) is 15.9. The lowest BCUT2D eigenvalue weighted by molar-refractivity contribution is -0.0772. The predicted octanol–water partition coefficient (Wildman–Crippen LogP) is 7.50. The molecule has 4 aliphatic carbocycles. The topological polar surface area (TPSA) is 35.5 Å². The summed E-state index contributed by atoms with van der Waals surface area (Å²) < 4.78 is 12.9. The van der Waals surface area contributed by atoms with Crippen LogP contribution in [-0.4, -0.2) is 27.9 Å². The molecular formula is C32H48O3Si. The second-order valence-corrected chi connectivity index (χ2v) is 16.4. The molecule has 0 saturated heterocycles. The number of hydrogen-bond acceptors (Lipinski definition) is 3. The molecule has 0 N–H and O–H groups in total. The minimum absolute atomic E-state index is 0.0488. The summed E-state index contributed by atoms with van der Waals surface area (Å²) in [6.07, 6.45) is 12.6. The Kier molecular flexibility index (Phi) is 7.09. The lowest BCUT2D eigenvalue weighted by Crippen LogP contribution is -2.51. The van der Waals surface area contributed by atoms with Crippen molar-refractivity contribution in [1.29, 1.82) is 0 Å². The number of hydrogen-bond donors (Lipinski definition) is 0. The Labute approximate surface area is 221 Å². The summed E-state index contributed by atoms with van der Waals surface area (Å²) in [6.45, 7) is 14.5. The second-order valence-electron chi connectivity index (χ2n) is 14.0. The minimum atomic E-state index is -0.552. The third-order valence-electron chi connectivity index (χ3n) is 11.5. The highest BCUT2D eigenvalue weighted by Crippen LogP contribution is 2.65. The lowest BCUT2D eigenvalue weighted by Gasteiger charge is -2.58. The SMILES string of the molecule is CC(C)C(C)(C)[SiH2]O[C@H]1CC[C@@]2(C)C(=CC[C@H]3[C@@H]4CC[C@@H](OC(=O)c5ccccc5)[C@@]4(C)CC[C@@H]32)C1. The van der Waals surface area contributed by atoms with Gasteiger partial charge in [-0.2, -0.15) is 0 Å². The van der Waals surface area contributed by atoms with Crippen molar-refractivity contribution < 1.29 is 14.0 Å². The number of carbonyl (C=O) groups excluding carboxylic acids is 1. The van der Waals surface area contributed by atoms with Crippen LogP contribution in [0.25, 0.3) is 0 Å². The van der Waals surface area contributed by atoms with E-state index in [0.29, 0.717) is 34.0 Å². The molecule has 3 saturated carbocycles. The summed E-state index contributed by atoms with van der Waals surface area (Å²) in [5, 5.41) is 0.365. The third kappa shape index (κ3) is 4.55. The highest BCUT2D eigenvalue weighted by Gasteiger charge is 2.59. The molecule has 0 amide bonds. The number of esters is 1. The molecule has 198 valence electrons. The Hall–Kier alpha value is -1.39. The first-order valence-electron chi connectivity index (χ1n) is 14.6. The van der Waals surface area contributed by atoms with Gasteiger partial charge < -0.3 is 9.16 Å². The molecule has 0 spiro atoms. The van der Waals surface area contributed by atoms with Crippen molar-refractivity contribution in [3.8, 4) is 0 Å². The third-order valence-corrected chi connectivity index (χ3v) is 13.7. The highest BCUT2D eigenvalue weighted by atomic mass is 28.2. The van der Waals surface area contributed by atoms with Crippen molar-refractivity contribution in [3.05, 3.63) is 47.5 Å². The fourth-order valence-corrected chi connectivity index (χ4v) is 9.47. The second kappa shape index (κ2) is 9.73. The van der Waals surface area contributed by atoms with Gasteiger partial charge in [0.2, 0.25) is 0 Å². The molecule has 0 radical (unpaired) electrons. The van der Waals surface area contributed by atoms with Gasteiger partial charge in [-0.3, -0.25) is 0 Å². The number of carbonyl (C=O) groups is 1. The van der Waals surface area contributed by atoms with E-state index in [0.717, 1.165) is 24.7 Å². The fourth-order valence-electron chi connectivity index (χ4n) is 8.19. The molecule has 0 bridgehead atoms. The van der Waals surface area contributed by atoms with E-state index >= 15 is 0 Å². The molecule has 3 nitrogen and oxygen atoms in total. The van der Waals surface area contributed by atoms with Crippen molar-refractivity contribution >= 4 is 15.7 Å². The van der Waals surface area contributed by atoms with Crippen molar-refractivity contribution in [2.75, 3.05) is 0 Å². The molecule has 7 atom stereocenters. The van der Waals surface area contributed by atoms with Crippen LogP contribution in [-0.2, 0) is 9.16 Å². The lowest BCUT2D eigenvalue weighted by atomic mass is 9.48. The minimum Gasteiger partial charge on any atom is -0.458 e. The van der Waals surface area contributed by atoms with E-state index in [1.165, 1.54) is 38.5 Å². The van der Waals surface area contributed by atoms with Crippen LogP contribution < -0.4 is 0 Å². The Morgan fingerprint density at radius 1 is 1.03 bits per heavy atom. The maximum atomic E-state index is 12.9. The maximum absolute atomic E-state index is 12.9. The van der Waals surface area contributed by atoms with Gasteiger partial charge in [0.15, 0.2) is 9.76 Å². The Bertz CT molecular complexity index is 984. The van der Waals surface area contributed by atoms with Gasteiger partial charge in [0.1, 0.15) is 6.10 Å². The zero-order valence-electron chi connectivity index (χ0n) is 23.5. The van der Waals surface area contributed by atoms with Crippen molar-refractivity contribution in [1.82, 2.24) is 0 Å². The molecule has 0 aliphatic heterocycles. The quantitative estimate of drug-likeness (QED) is 0.227. The van der Waals surface area contributed by atoms with Gasteiger partial charge in [-0.1, -0.05) is 71.4 Å². The zero-order valence-corrected chi connectivity index (χ0v) is 24.9. The van der Waals surface area contributed by atoms with E-state index in [2.05, 4.69) is 47.6 Å². The first-order chi connectivity index (χ1) is 17.0. The van der Waals surface area contributed by atoms with E-state index in [-0.39, 0.29) is 17.5 Å². The number of ether oxygens (including phenoxy) is 1. The van der Waals surface area contributed by atoms with Crippen LogP contribution >= 0.6 is 0 Å². The predicted molar refractivity (Wildman–Crippen MR) is 150 cm³/mol. The van der Waals surface area contributed by atoms with Gasteiger partial charge in [0.05, 0.1) is 5.56 Å². The molecule has 0 aromatic heterocycles. The molecule has 0 heterocycles. The zero-order chi connectivity index (χ0) is 25.7. The van der Waals surface area contributed by atoms with E-state index in [9.17, 15) is 4.79 Å². The molecule has 4 heteroatoms. The maximum Gasteiger partial charge on any atom is 0.338 e. The van der Waals surface area contributed by atoms with Gasteiger partial charge in [0.25, 0.3) is 0 Å². The van der Waals surface area contributed by atoms with Gasteiger partial charge in [-0.15, -0.1) is 0 Å². The average molecular weight is 509 g/mol. The first kappa shape index (κ1) is 26.2. The molecule has 1 aromatic rings. The van der Waals surface area contributed by atoms with Crippen molar-refractivity contribution in [3.63, 3.8) is 0 Å². The molecule has 36 heavy (non-hydrogen) atoms. The van der Waals surface area contributed by atoms with E-state index in [1.807, 2.05) is 30.3 Å². The molecular weight excluding hydrogens is 460 g/mol. The molecule has 5 rings (SSSR count). The van der Waals surface area contributed by atoms with Crippen LogP contribution in [0.4, 0.5) is 0 Å². The summed E-state index contributed by atoms with van der Waals surface area (Å²) in [5.41, 5.74) is 2.82. The van der Waals surface area contributed by atoms with Crippen LogP contribution in [0.1, 0.15) is 103 Å². The van der Waals surface area contributed by atoms with Crippen LogP contribution in [0.15, 0.2) is 42.0 Å². The number of benzene rings is 1. The monoisotopic (exact) mass is 508 g/mol. The van der Waals surface area contributed by atoms with Crippen LogP contribution in [0, 0.1) is 34.5 Å². The molecule has 3 fully saturated rings. The Morgan fingerprint density at radius 2 is 1.78 bits per heavy atom. The van der Waals surface area contributed by atoms with Crippen LogP contribution in [0.5, 0.6) is 0 Å². The summed E-state index contributed by atoms with van der Waals surface area (Å²) >= 11 is 0. The van der Waals surface area contributed by atoms with Gasteiger partial charge in [0, 0.05) is 11.5 Å². The normalized spacial score (nSPS) is 38.4. The fraction of sp³-hybridized carbons (Fsp3) is 0.719. The summed E-state index contributed by atoms with van der Waals surface area (Å²) in [6, 6.07) is 9.52. The van der Waals surface area contributed by atoms with Crippen LogP contribution in [0.2, 0.25) is 5.04 Å². The smallest absolute Gasteiger partial charge is 0.338 e. The number of fused-ring (bicyclic) bond motifs is 5. The molecule has 0 unspecified atom stereocenters. The van der Waals surface area contributed by atoms with E-state index in [4.69, 9.17) is 9.16 Å². The Morgan fingerprint density at radius 3 is 2.50 bits per heavy atom. The summed E-state index contributed by atoms with van der Waals surface area (Å²) in [4.78, 5) is 12.9. The molecule has 1 aromatic carbocycles. The van der Waals surface area contributed by atoms with E-state index in [1.54, 1.807) is 5.57 Å². The van der Waals surface area contributed by atoms with Crippen molar-refractivity contribution in [2.24, 2.45) is 34.5 Å². The highest BCUT2D eigenvalue weighted by molar-refractivity contribution is 6.32. The van der Waals surface area contributed by atoms with Gasteiger partial charge in [-0.05, 0) is 97.6 Å². The average Bonchev–Trinajstić information content (AvgIpc) is 3.19. The van der Waals surface area contributed by atoms with Gasteiger partial charge >= 0.3 is 5.97 Å². The summed E-state index contributed by atoms with van der Waals surface area (Å²) in [7, 11) is -0.552. The Balaban J connectivity index is 1.27. The largest absolute Gasteiger partial charge is 0.458 e. The summed E-state index contributed by atoms with van der Waals surface area (Å²) in [5.74, 6) is 2.69. The molecule has 4 aliphatic rings. The van der Waals surface area contributed by atoms with Crippen LogP contribution in [0.3, 0.4) is 0 Å². The number of rotatable bonds is 6. The number of allylic oxidation sites excluding steroid dienone is 1. The van der Waals surface area contributed by atoms with Gasteiger partial charge in [-0.25, -0.2) is 4.79 Å². The standard InChI is InChI=1S/C32H48O3Si/c1-21(2)30(3,4)36-35-24-16-18-31(5)23(20-24)12-13-25-26-14-15-28(32(26,6)19-17-27(25)31)34-29(33)22-10-8-7-9-11-22/h7-12,21,24-28H,13-20,36H2,1-6H3/t24-,25-,26-,27-,28+,31-,32-/m0/s1. The van der Waals surface area contributed by atoms with E-state index < -0.39 is 9.76 Å². The van der Waals surface area contributed by atoms with Crippen molar-refractivity contribution in [2.45, 2.75) is 110 Å².